The molecule has 0 aliphatic carbocycles. The average Bonchev–Trinajstić information content (AvgIpc) is 2.95. The number of ether oxygens (including phenoxy) is 1. The Morgan fingerprint density at radius 3 is 2.25 bits per heavy atom. The number of hydrogen-bond donors (Lipinski definition) is 3. The van der Waals surface area contributed by atoms with E-state index in [4.69, 9.17) is 4.74 Å². The Morgan fingerprint density at radius 1 is 0.889 bits per heavy atom. The fourth-order valence-corrected chi connectivity index (χ4v) is 3.93. The molecule has 0 radical (unpaired) electrons. The van der Waals surface area contributed by atoms with Gasteiger partial charge in [0.15, 0.2) is 12.2 Å². The molecule has 36 heavy (non-hydrogen) atoms. The molecule has 188 valence electrons. The first-order valence-electron chi connectivity index (χ1n) is 11.9. The minimum absolute atomic E-state index is 0.132. The Hall–Kier alpha value is -3.95. The molecule has 1 saturated heterocycles. The highest BCUT2D eigenvalue weighted by molar-refractivity contribution is 5.90. The number of benzene rings is 2. The minimum atomic E-state index is -1.86. The SMILES string of the molecule is O=C(NCc1ccc(OCc2ccccn2)cc1)[C@H](O)[C@@H](O)C(=O)N1CCN(c2ccccc2)CC1. The lowest BCUT2D eigenvalue weighted by Gasteiger charge is -2.37. The van der Waals surface area contributed by atoms with Gasteiger partial charge in [-0.1, -0.05) is 36.4 Å². The van der Waals surface area contributed by atoms with Gasteiger partial charge in [0.2, 0.25) is 0 Å². The molecule has 4 rings (SSSR count). The van der Waals surface area contributed by atoms with Crippen LogP contribution in [0.25, 0.3) is 0 Å². The first kappa shape index (κ1) is 25.2. The van der Waals surface area contributed by atoms with Crippen LogP contribution >= 0.6 is 0 Å². The average molecular weight is 491 g/mol. The smallest absolute Gasteiger partial charge is 0.254 e. The molecule has 0 spiro atoms. The molecule has 9 nitrogen and oxygen atoms in total. The minimum Gasteiger partial charge on any atom is -0.487 e. The van der Waals surface area contributed by atoms with E-state index in [9.17, 15) is 19.8 Å². The lowest BCUT2D eigenvalue weighted by atomic mass is 10.1. The van der Waals surface area contributed by atoms with Crippen LogP contribution < -0.4 is 15.0 Å². The second kappa shape index (κ2) is 12.1. The van der Waals surface area contributed by atoms with E-state index in [-0.39, 0.29) is 6.54 Å². The molecule has 0 unspecified atom stereocenters. The van der Waals surface area contributed by atoms with Crippen LogP contribution in [-0.4, -0.2) is 70.3 Å². The molecule has 0 saturated carbocycles. The Kier molecular flexibility index (Phi) is 8.48. The van der Waals surface area contributed by atoms with Gasteiger partial charge in [0.25, 0.3) is 11.8 Å². The van der Waals surface area contributed by atoms with E-state index in [0.717, 1.165) is 16.9 Å². The van der Waals surface area contributed by atoms with Crippen molar-refractivity contribution in [2.75, 3.05) is 31.1 Å². The predicted octanol–water partition coefficient (Wildman–Crippen LogP) is 1.35. The summed E-state index contributed by atoms with van der Waals surface area (Å²) in [6.45, 7) is 2.48. The molecule has 3 N–H and O–H groups in total. The van der Waals surface area contributed by atoms with Gasteiger partial charge in [-0.25, -0.2) is 0 Å². The summed E-state index contributed by atoms with van der Waals surface area (Å²) in [5.41, 5.74) is 2.66. The monoisotopic (exact) mass is 490 g/mol. The van der Waals surface area contributed by atoms with E-state index in [1.165, 1.54) is 4.90 Å². The van der Waals surface area contributed by atoms with Gasteiger partial charge in [-0.2, -0.15) is 0 Å². The number of aliphatic hydroxyl groups excluding tert-OH is 2. The van der Waals surface area contributed by atoms with Gasteiger partial charge in [-0.15, -0.1) is 0 Å². The fraction of sp³-hybridized carbons (Fsp3) is 0.296. The number of nitrogens with zero attached hydrogens (tertiary/aromatic N) is 3. The molecule has 2 amide bonds. The molecule has 0 bridgehead atoms. The quantitative estimate of drug-likeness (QED) is 0.415. The van der Waals surface area contributed by atoms with Crippen molar-refractivity contribution in [2.24, 2.45) is 0 Å². The van der Waals surface area contributed by atoms with Crippen molar-refractivity contribution in [1.82, 2.24) is 15.2 Å². The van der Waals surface area contributed by atoms with Crippen LogP contribution in [0.2, 0.25) is 0 Å². The van der Waals surface area contributed by atoms with Crippen LogP contribution in [0, 0.1) is 0 Å². The van der Waals surface area contributed by atoms with Crippen LogP contribution in [-0.2, 0) is 22.7 Å². The summed E-state index contributed by atoms with van der Waals surface area (Å²) in [5.74, 6) is -0.807. The van der Waals surface area contributed by atoms with E-state index in [1.54, 1.807) is 30.5 Å². The number of carbonyl (C=O) groups excluding carboxylic acids is 2. The number of aliphatic hydroxyl groups is 2. The molecule has 2 heterocycles. The molecule has 1 fully saturated rings. The summed E-state index contributed by atoms with van der Waals surface area (Å²) in [6.07, 6.45) is -1.98. The number of hydrogen-bond acceptors (Lipinski definition) is 7. The molecule has 1 aliphatic rings. The van der Waals surface area contributed by atoms with Crippen molar-refractivity contribution in [3.05, 3.63) is 90.3 Å². The number of piperazine rings is 1. The van der Waals surface area contributed by atoms with E-state index >= 15 is 0 Å². The zero-order valence-electron chi connectivity index (χ0n) is 19.9. The summed E-state index contributed by atoms with van der Waals surface area (Å²) in [4.78, 5) is 32.9. The number of anilines is 1. The zero-order chi connectivity index (χ0) is 25.3. The summed E-state index contributed by atoms with van der Waals surface area (Å²) in [5, 5.41) is 23.2. The first-order valence-corrected chi connectivity index (χ1v) is 11.9. The van der Waals surface area contributed by atoms with Crippen LogP contribution in [0.3, 0.4) is 0 Å². The molecular weight excluding hydrogens is 460 g/mol. The van der Waals surface area contributed by atoms with Crippen LogP contribution in [0.1, 0.15) is 11.3 Å². The Labute approximate surface area is 210 Å². The zero-order valence-corrected chi connectivity index (χ0v) is 19.9. The van der Waals surface area contributed by atoms with Gasteiger partial charge < -0.3 is 30.1 Å². The second-order valence-corrected chi connectivity index (χ2v) is 8.51. The highest BCUT2D eigenvalue weighted by atomic mass is 16.5. The van der Waals surface area contributed by atoms with Gasteiger partial charge in [0.05, 0.1) is 5.69 Å². The van der Waals surface area contributed by atoms with Gasteiger partial charge >= 0.3 is 0 Å². The molecule has 1 aliphatic heterocycles. The lowest BCUT2D eigenvalue weighted by molar-refractivity contribution is -0.153. The van der Waals surface area contributed by atoms with Crippen LogP contribution in [0.15, 0.2) is 79.0 Å². The number of amides is 2. The van der Waals surface area contributed by atoms with Crippen molar-refractivity contribution in [3.63, 3.8) is 0 Å². The summed E-state index contributed by atoms with van der Waals surface area (Å²) < 4.78 is 5.69. The number of nitrogens with one attached hydrogen (secondary N) is 1. The first-order chi connectivity index (χ1) is 17.5. The molecule has 9 heteroatoms. The van der Waals surface area contributed by atoms with Crippen LogP contribution in [0.4, 0.5) is 5.69 Å². The fourth-order valence-electron chi connectivity index (χ4n) is 3.93. The van der Waals surface area contributed by atoms with Gasteiger partial charge in [0, 0.05) is 44.6 Å². The molecule has 1 aromatic heterocycles. The Balaban J connectivity index is 1.21. The standard InChI is InChI=1S/C27H30N4O5/c32-24(25(33)27(35)31-16-14-30(15-17-31)22-7-2-1-3-8-22)26(34)29-18-20-9-11-23(12-10-20)36-19-21-6-4-5-13-28-21/h1-13,24-25,32-33H,14-19H2,(H,29,34)/t24-,25-/m1/s1. The van der Waals surface area contributed by atoms with E-state index in [1.807, 2.05) is 48.5 Å². The van der Waals surface area contributed by atoms with Crippen molar-refractivity contribution in [3.8, 4) is 5.75 Å². The molecule has 3 aromatic rings. The number of para-hydroxylation sites is 1. The number of carbonyl (C=O) groups is 2. The molecule has 2 aromatic carbocycles. The van der Waals surface area contributed by atoms with E-state index < -0.39 is 24.0 Å². The maximum atomic E-state index is 12.7. The van der Waals surface area contributed by atoms with Crippen molar-refractivity contribution in [1.29, 1.82) is 0 Å². The van der Waals surface area contributed by atoms with E-state index in [2.05, 4.69) is 15.2 Å². The number of pyridine rings is 1. The third-order valence-electron chi connectivity index (χ3n) is 6.04. The van der Waals surface area contributed by atoms with Gasteiger partial charge in [-0.3, -0.25) is 14.6 Å². The summed E-state index contributed by atoms with van der Waals surface area (Å²) in [6, 6.07) is 22.6. The highest BCUT2D eigenvalue weighted by Crippen LogP contribution is 2.17. The van der Waals surface area contributed by atoms with Crippen molar-refractivity contribution in [2.45, 2.75) is 25.4 Å². The second-order valence-electron chi connectivity index (χ2n) is 8.51. The Bertz CT molecular complexity index is 1120. The lowest BCUT2D eigenvalue weighted by Crippen LogP contribution is -2.55. The normalized spacial score (nSPS) is 15.2. The van der Waals surface area contributed by atoms with Crippen molar-refractivity contribution < 1.29 is 24.5 Å². The molecule has 2 atom stereocenters. The van der Waals surface area contributed by atoms with Gasteiger partial charge in [0.1, 0.15) is 12.4 Å². The Morgan fingerprint density at radius 2 is 1.58 bits per heavy atom. The van der Waals surface area contributed by atoms with E-state index in [0.29, 0.717) is 38.5 Å². The van der Waals surface area contributed by atoms with Crippen LogP contribution in [0.5, 0.6) is 5.75 Å². The summed E-state index contributed by atoms with van der Waals surface area (Å²) in [7, 11) is 0. The topological polar surface area (TPSA) is 115 Å². The largest absolute Gasteiger partial charge is 0.487 e. The predicted molar refractivity (Wildman–Crippen MR) is 134 cm³/mol. The summed E-state index contributed by atoms with van der Waals surface area (Å²) >= 11 is 0. The van der Waals surface area contributed by atoms with Gasteiger partial charge in [-0.05, 0) is 42.0 Å². The van der Waals surface area contributed by atoms with Crippen molar-refractivity contribution >= 4 is 17.5 Å². The number of aromatic nitrogens is 1. The highest BCUT2D eigenvalue weighted by Gasteiger charge is 2.34. The third-order valence-corrected chi connectivity index (χ3v) is 6.04. The number of rotatable bonds is 9. The third kappa shape index (κ3) is 6.59. The maximum Gasteiger partial charge on any atom is 0.254 e. The maximum absolute atomic E-state index is 12.7. The molecular formula is C27H30N4O5.